The molecular weight excluding hydrogens is 258 g/mol. The molecule has 0 heterocycles. The summed E-state index contributed by atoms with van der Waals surface area (Å²) in [5, 5.41) is 11.4. The summed E-state index contributed by atoms with van der Waals surface area (Å²) < 4.78 is 6.11. The molecule has 102 valence electrons. The topological polar surface area (TPSA) is 33.0 Å². The first-order chi connectivity index (χ1) is 10.3. The summed E-state index contributed by atoms with van der Waals surface area (Å²) in [6, 6.07) is 24.0. The van der Waals surface area contributed by atoms with E-state index in [4.69, 9.17) is 4.74 Å². The molecule has 0 fully saturated rings. The van der Waals surface area contributed by atoms with E-state index in [1.807, 2.05) is 73.7 Å². The highest BCUT2D eigenvalue weighted by atomic mass is 16.5. The van der Waals surface area contributed by atoms with Crippen molar-refractivity contribution in [3.63, 3.8) is 0 Å². The molecule has 0 N–H and O–H groups in total. The Morgan fingerprint density at radius 3 is 2.38 bits per heavy atom. The van der Waals surface area contributed by atoms with Crippen molar-refractivity contribution >= 4 is 10.8 Å². The van der Waals surface area contributed by atoms with Crippen molar-refractivity contribution in [3.05, 3.63) is 77.9 Å². The van der Waals surface area contributed by atoms with Gasteiger partial charge in [0.2, 0.25) is 0 Å². The van der Waals surface area contributed by atoms with Crippen LogP contribution >= 0.6 is 0 Å². The Balaban J connectivity index is 2.05. The highest BCUT2D eigenvalue weighted by molar-refractivity contribution is 5.90. The van der Waals surface area contributed by atoms with Crippen molar-refractivity contribution < 1.29 is 4.74 Å². The molecule has 0 saturated heterocycles. The quantitative estimate of drug-likeness (QED) is 0.683. The Morgan fingerprint density at radius 1 is 0.905 bits per heavy atom. The van der Waals surface area contributed by atoms with Gasteiger partial charge >= 0.3 is 0 Å². The third kappa shape index (κ3) is 2.59. The summed E-state index contributed by atoms with van der Waals surface area (Å²) >= 11 is 0. The maximum absolute atomic E-state index is 9.33. The molecule has 0 spiro atoms. The first-order valence-corrected chi connectivity index (χ1v) is 6.93. The van der Waals surface area contributed by atoms with E-state index in [9.17, 15) is 5.26 Å². The van der Waals surface area contributed by atoms with E-state index in [0.29, 0.717) is 11.3 Å². The van der Waals surface area contributed by atoms with Crippen LogP contribution < -0.4 is 4.74 Å². The van der Waals surface area contributed by atoms with Crippen LogP contribution in [0.4, 0.5) is 0 Å². The standard InChI is InChI=1S/C19H15NO/c1-14(15-7-3-2-4-8-15)21-19-17(13-20)12-11-16-9-5-6-10-18(16)19/h2-12,14H,1H3. The number of benzene rings is 3. The van der Waals surface area contributed by atoms with Crippen LogP contribution in [0.3, 0.4) is 0 Å². The second-order valence-electron chi connectivity index (χ2n) is 4.95. The Kier molecular flexibility index (Phi) is 3.57. The van der Waals surface area contributed by atoms with Crippen molar-refractivity contribution in [1.29, 1.82) is 5.26 Å². The molecule has 0 saturated carbocycles. The molecule has 0 aromatic heterocycles. The van der Waals surface area contributed by atoms with Crippen molar-refractivity contribution in [2.24, 2.45) is 0 Å². The molecule has 0 amide bonds. The summed E-state index contributed by atoms with van der Waals surface area (Å²) in [4.78, 5) is 0. The average Bonchev–Trinajstić information content (AvgIpc) is 2.56. The molecule has 0 bridgehead atoms. The molecule has 3 aromatic rings. The van der Waals surface area contributed by atoms with E-state index in [2.05, 4.69) is 6.07 Å². The average molecular weight is 273 g/mol. The number of nitriles is 1. The Bertz CT molecular complexity index is 803. The predicted octanol–water partition coefficient (Wildman–Crippen LogP) is 4.85. The van der Waals surface area contributed by atoms with Gasteiger partial charge in [-0.25, -0.2) is 0 Å². The van der Waals surface area contributed by atoms with Crippen molar-refractivity contribution in [2.75, 3.05) is 0 Å². The van der Waals surface area contributed by atoms with E-state index in [1.54, 1.807) is 0 Å². The SMILES string of the molecule is CC(Oc1c(C#N)ccc2ccccc12)c1ccccc1. The highest BCUT2D eigenvalue weighted by Crippen LogP contribution is 2.32. The molecule has 0 aliphatic carbocycles. The van der Waals surface area contributed by atoms with Gasteiger partial charge in [-0.05, 0) is 23.9 Å². The van der Waals surface area contributed by atoms with Crippen LogP contribution in [-0.4, -0.2) is 0 Å². The minimum Gasteiger partial charge on any atom is -0.484 e. The van der Waals surface area contributed by atoms with Gasteiger partial charge in [0.05, 0.1) is 5.56 Å². The molecule has 1 unspecified atom stereocenters. The van der Waals surface area contributed by atoms with E-state index in [-0.39, 0.29) is 6.10 Å². The molecular formula is C19H15NO. The lowest BCUT2D eigenvalue weighted by molar-refractivity contribution is 0.229. The summed E-state index contributed by atoms with van der Waals surface area (Å²) in [6.07, 6.45) is -0.107. The number of nitrogens with zero attached hydrogens (tertiary/aromatic N) is 1. The smallest absolute Gasteiger partial charge is 0.145 e. The number of hydrogen-bond donors (Lipinski definition) is 0. The number of rotatable bonds is 3. The van der Waals surface area contributed by atoms with Crippen LogP contribution in [-0.2, 0) is 0 Å². The van der Waals surface area contributed by atoms with Gasteiger partial charge in [0, 0.05) is 5.39 Å². The van der Waals surface area contributed by atoms with Gasteiger partial charge in [-0.3, -0.25) is 0 Å². The van der Waals surface area contributed by atoms with Crippen molar-refractivity contribution in [1.82, 2.24) is 0 Å². The number of ether oxygens (including phenoxy) is 1. The van der Waals surface area contributed by atoms with Crippen molar-refractivity contribution in [2.45, 2.75) is 13.0 Å². The van der Waals surface area contributed by atoms with Crippen LogP contribution in [0.25, 0.3) is 10.8 Å². The fraction of sp³-hybridized carbons (Fsp3) is 0.105. The van der Waals surface area contributed by atoms with Crippen LogP contribution in [0.15, 0.2) is 66.7 Å². The van der Waals surface area contributed by atoms with Gasteiger partial charge in [-0.1, -0.05) is 60.7 Å². The normalized spacial score (nSPS) is 11.8. The molecule has 2 nitrogen and oxygen atoms in total. The fourth-order valence-electron chi connectivity index (χ4n) is 2.43. The third-order valence-corrected chi connectivity index (χ3v) is 3.56. The minimum atomic E-state index is -0.107. The van der Waals surface area contributed by atoms with E-state index < -0.39 is 0 Å². The van der Waals surface area contributed by atoms with Crippen LogP contribution in [0, 0.1) is 11.3 Å². The predicted molar refractivity (Wildman–Crippen MR) is 84.1 cm³/mol. The van der Waals surface area contributed by atoms with Crippen molar-refractivity contribution in [3.8, 4) is 11.8 Å². The summed E-state index contributed by atoms with van der Waals surface area (Å²) in [5.41, 5.74) is 1.66. The van der Waals surface area contributed by atoms with E-state index in [0.717, 1.165) is 16.3 Å². The Hall–Kier alpha value is -2.79. The number of fused-ring (bicyclic) bond motifs is 1. The monoisotopic (exact) mass is 273 g/mol. The first-order valence-electron chi connectivity index (χ1n) is 6.93. The lowest BCUT2D eigenvalue weighted by Crippen LogP contribution is -2.04. The second-order valence-corrected chi connectivity index (χ2v) is 4.95. The minimum absolute atomic E-state index is 0.107. The van der Waals surface area contributed by atoms with Gasteiger partial charge in [-0.2, -0.15) is 5.26 Å². The van der Waals surface area contributed by atoms with Gasteiger partial charge < -0.3 is 4.74 Å². The lowest BCUT2D eigenvalue weighted by Gasteiger charge is -2.17. The molecule has 0 radical (unpaired) electrons. The second kappa shape index (κ2) is 5.68. The maximum atomic E-state index is 9.33. The summed E-state index contributed by atoms with van der Waals surface area (Å²) in [7, 11) is 0. The largest absolute Gasteiger partial charge is 0.484 e. The molecule has 3 aromatic carbocycles. The molecule has 2 heteroatoms. The molecule has 3 rings (SSSR count). The van der Waals surface area contributed by atoms with Crippen LogP contribution in [0.2, 0.25) is 0 Å². The van der Waals surface area contributed by atoms with Gasteiger partial charge in [-0.15, -0.1) is 0 Å². The van der Waals surface area contributed by atoms with Crippen LogP contribution in [0.5, 0.6) is 5.75 Å². The zero-order valence-corrected chi connectivity index (χ0v) is 11.8. The molecule has 1 atom stereocenters. The van der Waals surface area contributed by atoms with E-state index >= 15 is 0 Å². The third-order valence-electron chi connectivity index (χ3n) is 3.56. The zero-order valence-electron chi connectivity index (χ0n) is 11.8. The van der Waals surface area contributed by atoms with E-state index in [1.165, 1.54) is 0 Å². The fourth-order valence-corrected chi connectivity index (χ4v) is 2.43. The maximum Gasteiger partial charge on any atom is 0.145 e. The molecule has 21 heavy (non-hydrogen) atoms. The van der Waals surface area contributed by atoms with Crippen LogP contribution in [0.1, 0.15) is 24.2 Å². The van der Waals surface area contributed by atoms with Gasteiger partial charge in [0.1, 0.15) is 17.9 Å². The Morgan fingerprint density at radius 2 is 1.62 bits per heavy atom. The molecule has 0 aliphatic heterocycles. The molecule has 0 aliphatic rings. The zero-order chi connectivity index (χ0) is 14.7. The first kappa shape index (κ1) is 13.2. The Labute approximate surface area is 124 Å². The highest BCUT2D eigenvalue weighted by Gasteiger charge is 2.13. The van der Waals surface area contributed by atoms with Gasteiger partial charge in [0.25, 0.3) is 0 Å². The summed E-state index contributed by atoms with van der Waals surface area (Å²) in [5.74, 6) is 0.659. The lowest BCUT2D eigenvalue weighted by atomic mass is 10.1. The summed E-state index contributed by atoms with van der Waals surface area (Å²) in [6.45, 7) is 2.00. The van der Waals surface area contributed by atoms with Gasteiger partial charge in [0.15, 0.2) is 0 Å². The number of hydrogen-bond acceptors (Lipinski definition) is 2.